The second-order valence-corrected chi connectivity index (χ2v) is 6.03. The van der Waals surface area contributed by atoms with Gasteiger partial charge in [0.25, 0.3) is 5.91 Å². The summed E-state index contributed by atoms with van der Waals surface area (Å²) in [6.45, 7) is 1.80. The molecule has 23 heavy (non-hydrogen) atoms. The van der Waals surface area contributed by atoms with E-state index < -0.39 is 6.29 Å². The molecule has 1 aromatic carbocycles. The molecule has 1 heterocycles. The Morgan fingerprint density at radius 2 is 2.04 bits per heavy atom. The maximum absolute atomic E-state index is 12.4. The molecule has 1 amide bonds. The molecule has 0 unspecified atom stereocenters. The van der Waals surface area contributed by atoms with Crippen molar-refractivity contribution >= 4 is 39.1 Å². The van der Waals surface area contributed by atoms with Crippen LogP contribution in [0.15, 0.2) is 34.9 Å². The maximum Gasteiger partial charge on any atom is 0.274 e. The molecule has 0 atom stereocenters. The van der Waals surface area contributed by atoms with Gasteiger partial charge in [-0.1, -0.05) is 17.7 Å². The number of aromatic nitrogens is 1. The van der Waals surface area contributed by atoms with Gasteiger partial charge >= 0.3 is 0 Å². The van der Waals surface area contributed by atoms with Crippen LogP contribution in [0, 0.1) is 6.92 Å². The van der Waals surface area contributed by atoms with Crippen LogP contribution >= 0.6 is 27.5 Å². The van der Waals surface area contributed by atoms with Crippen molar-refractivity contribution in [2.75, 3.05) is 19.5 Å². The normalized spacial score (nSPS) is 10.9. The average Bonchev–Trinajstić information content (AvgIpc) is 2.53. The maximum atomic E-state index is 12.4. The number of methoxy groups -OCH3 is 2. The Hall–Kier alpha value is -1.47. The van der Waals surface area contributed by atoms with E-state index >= 15 is 0 Å². The zero-order chi connectivity index (χ0) is 17.0. The van der Waals surface area contributed by atoms with Gasteiger partial charge in [0.15, 0.2) is 6.29 Å². The third-order valence-electron chi connectivity index (χ3n) is 3.21. The van der Waals surface area contributed by atoms with Gasteiger partial charge < -0.3 is 14.8 Å². The number of nitrogens with one attached hydrogen (secondary N) is 1. The van der Waals surface area contributed by atoms with Crippen LogP contribution in [-0.4, -0.2) is 25.1 Å². The topological polar surface area (TPSA) is 60.5 Å². The van der Waals surface area contributed by atoms with Crippen molar-refractivity contribution in [3.63, 3.8) is 0 Å². The number of halogens is 2. The van der Waals surface area contributed by atoms with E-state index in [0.29, 0.717) is 26.4 Å². The lowest BCUT2D eigenvalue weighted by atomic mass is 10.1. The molecule has 0 aliphatic heterocycles. The second-order valence-electron chi connectivity index (χ2n) is 4.79. The quantitative estimate of drug-likeness (QED) is 0.759. The molecule has 5 nitrogen and oxygen atoms in total. The van der Waals surface area contributed by atoms with E-state index in [1.807, 2.05) is 6.07 Å². The predicted molar refractivity (Wildman–Crippen MR) is 92.8 cm³/mol. The summed E-state index contributed by atoms with van der Waals surface area (Å²) in [5, 5.41) is 3.20. The lowest BCUT2D eigenvalue weighted by Crippen LogP contribution is -2.16. The summed E-state index contributed by atoms with van der Waals surface area (Å²) in [6.07, 6.45) is 1.04. The molecule has 122 valence electrons. The highest BCUT2D eigenvalue weighted by molar-refractivity contribution is 9.10. The van der Waals surface area contributed by atoms with E-state index in [1.54, 1.807) is 45.5 Å². The minimum atomic E-state index is -0.516. The molecular weight excluding hydrogens is 384 g/mol. The minimum absolute atomic E-state index is 0.316. The van der Waals surface area contributed by atoms with Crippen molar-refractivity contribution in [3.8, 4) is 0 Å². The monoisotopic (exact) mass is 398 g/mol. The summed E-state index contributed by atoms with van der Waals surface area (Å²) < 4.78 is 11.1. The lowest BCUT2D eigenvalue weighted by molar-refractivity contribution is -0.106. The van der Waals surface area contributed by atoms with E-state index in [1.165, 1.54) is 0 Å². The molecule has 0 saturated carbocycles. The zero-order valence-corrected chi connectivity index (χ0v) is 15.2. The predicted octanol–water partition coefficient (Wildman–Crippen LogP) is 4.35. The molecule has 0 aliphatic rings. The fourth-order valence-corrected chi connectivity index (χ4v) is 2.65. The number of ether oxygens (including phenoxy) is 2. The van der Waals surface area contributed by atoms with Gasteiger partial charge in [-0.25, -0.2) is 0 Å². The molecule has 0 bridgehead atoms. The molecule has 0 saturated heterocycles. The van der Waals surface area contributed by atoms with Crippen molar-refractivity contribution < 1.29 is 14.3 Å². The number of amides is 1. The first-order valence-electron chi connectivity index (χ1n) is 6.75. The van der Waals surface area contributed by atoms with Gasteiger partial charge in [-0.15, -0.1) is 0 Å². The van der Waals surface area contributed by atoms with Crippen molar-refractivity contribution in [2.24, 2.45) is 0 Å². The number of carbonyl (C=O) groups is 1. The number of hydrogen-bond acceptors (Lipinski definition) is 4. The third-order valence-corrected chi connectivity index (χ3v) is 4.51. The first-order valence-corrected chi connectivity index (χ1v) is 7.92. The molecule has 0 spiro atoms. The number of aryl methyl sites for hydroxylation is 1. The van der Waals surface area contributed by atoms with Crippen LogP contribution in [0.5, 0.6) is 0 Å². The zero-order valence-electron chi connectivity index (χ0n) is 12.9. The summed E-state index contributed by atoms with van der Waals surface area (Å²) in [5.74, 6) is -0.333. The highest BCUT2D eigenvalue weighted by Gasteiger charge is 2.16. The molecule has 0 fully saturated rings. The fraction of sp³-hybridized carbons (Fsp3) is 0.250. The van der Waals surface area contributed by atoms with Crippen LogP contribution in [0.3, 0.4) is 0 Å². The number of benzene rings is 1. The summed E-state index contributed by atoms with van der Waals surface area (Å²) in [4.78, 5) is 16.6. The van der Waals surface area contributed by atoms with Gasteiger partial charge in [0.2, 0.25) is 0 Å². The summed E-state index contributed by atoms with van der Waals surface area (Å²) >= 11 is 9.48. The Morgan fingerprint density at radius 3 is 2.65 bits per heavy atom. The Morgan fingerprint density at radius 1 is 1.35 bits per heavy atom. The Bertz CT molecular complexity index is 720. The third kappa shape index (κ3) is 4.09. The number of rotatable bonds is 5. The fourth-order valence-electron chi connectivity index (χ4n) is 2.11. The van der Waals surface area contributed by atoms with E-state index in [9.17, 15) is 4.79 Å². The van der Waals surface area contributed by atoms with E-state index in [2.05, 4.69) is 26.2 Å². The average molecular weight is 400 g/mol. The van der Waals surface area contributed by atoms with Gasteiger partial charge in [0, 0.05) is 30.5 Å². The van der Waals surface area contributed by atoms with Crippen molar-refractivity contribution in [1.82, 2.24) is 4.98 Å². The van der Waals surface area contributed by atoms with Gasteiger partial charge in [0.05, 0.1) is 10.7 Å². The number of pyridine rings is 1. The summed E-state index contributed by atoms with van der Waals surface area (Å²) in [6, 6.07) is 7.12. The molecule has 0 aliphatic carbocycles. The highest BCUT2D eigenvalue weighted by Crippen LogP contribution is 2.30. The molecule has 2 rings (SSSR count). The molecule has 1 aromatic heterocycles. The first-order chi connectivity index (χ1) is 11.0. The largest absolute Gasteiger partial charge is 0.352 e. The number of anilines is 1. The van der Waals surface area contributed by atoms with E-state index in [0.717, 1.165) is 5.56 Å². The van der Waals surface area contributed by atoms with Gasteiger partial charge in [0.1, 0.15) is 5.69 Å². The summed E-state index contributed by atoms with van der Waals surface area (Å²) in [5.41, 5.74) is 2.29. The van der Waals surface area contributed by atoms with E-state index in [-0.39, 0.29) is 5.91 Å². The lowest BCUT2D eigenvalue weighted by Gasteiger charge is -2.15. The first kappa shape index (κ1) is 17.9. The second kappa shape index (κ2) is 7.88. The van der Waals surface area contributed by atoms with Gasteiger partial charge in [-0.3, -0.25) is 9.78 Å². The van der Waals surface area contributed by atoms with Crippen LogP contribution in [-0.2, 0) is 9.47 Å². The van der Waals surface area contributed by atoms with Gasteiger partial charge in [-0.05, 0) is 46.6 Å². The van der Waals surface area contributed by atoms with Gasteiger partial charge in [-0.2, -0.15) is 0 Å². The number of hydrogen-bond donors (Lipinski definition) is 1. The van der Waals surface area contributed by atoms with Crippen molar-refractivity contribution in [2.45, 2.75) is 13.2 Å². The molecule has 2 aromatic rings. The summed E-state index contributed by atoms with van der Waals surface area (Å²) in [7, 11) is 3.08. The van der Waals surface area contributed by atoms with E-state index in [4.69, 9.17) is 21.1 Å². The molecular formula is C16H16BrClN2O3. The molecule has 7 heteroatoms. The number of carbonyl (C=O) groups excluding carboxylic acids is 1. The van der Waals surface area contributed by atoms with Crippen molar-refractivity contribution in [1.29, 1.82) is 0 Å². The van der Waals surface area contributed by atoms with Crippen LogP contribution in [0.25, 0.3) is 0 Å². The molecule has 0 radical (unpaired) electrons. The minimum Gasteiger partial charge on any atom is -0.352 e. The Balaban J connectivity index is 2.24. The number of nitrogens with zero attached hydrogens (tertiary/aromatic N) is 1. The highest BCUT2D eigenvalue weighted by atomic mass is 79.9. The SMILES string of the molecule is COC(OC)c1cnc(C(=O)Nc2cccc(Br)c2Cl)c(C)c1. The smallest absolute Gasteiger partial charge is 0.274 e. The van der Waals surface area contributed by atoms with Crippen molar-refractivity contribution in [3.05, 3.63) is 56.8 Å². The van der Waals surface area contributed by atoms with Crippen LogP contribution in [0.2, 0.25) is 5.02 Å². The van der Waals surface area contributed by atoms with Crippen LogP contribution < -0.4 is 5.32 Å². The van der Waals surface area contributed by atoms with Crippen LogP contribution in [0.1, 0.15) is 27.9 Å². The standard InChI is InChI=1S/C16H16BrClN2O3/c1-9-7-10(16(22-2)23-3)8-19-14(9)15(21)20-12-6-4-5-11(17)13(12)18/h4-8,16H,1-3H3,(H,20,21). The van der Waals surface area contributed by atoms with Crippen LogP contribution in [0.4, 0.5) is 5.69 Å². The Kier molecular flexibility index (Phi) is 6.12. The Labute approximate surface area is 148 Å². The molecule has 1 N–H and O–H groups in total.